The zero-order valence-corrected chi connectivity index (χ0v) is 17.9. The van der Waals surface area contributed by atoms with Crippen LogP contribution in [0.2, 0.25) is 0 Å². The van der Waals surface area contributed by atoms with Crippen LogP contribution in [-0.4, -0.2) is 38.3 Å². The molecule has 1 unspecified atom stereocenters. The van der Waals surface area contributed by atoms with Gasteiger partial charge in [-0.1, -0.05) is 31.4 Å². The van der Waals surface area contributed by atoms with Gasteiger partial charge >= 0.3 is 0 Å². The van der Waals surface area contributed by atoms with Crippen molar-refractivity contribution in [3.8, 4) is 0 Å². The van der Waals surface area contributed by atoms with Gasteiger partial charge in [0.05, 0.1) is 17.1 Å². The van der Waals surface area contributed by atoms with Gasteiger partial charge in [-0.3, -0.25) is 14.8 Å². The van der Waals surface area contributed by atoms with E-state index >= 15 is 0 Å². The third-order valence-electron chi connectivity index (χ3n) is 6.25. The molecule has 3 aromatic rings. The summed E-state index contributed by atoms with van der Waals surface area (Å²) in [5.74, 6) is 0.442. The van der Waals surface area contributed by atoms with Gasteiger partial charge in [0.1, 0.15) is 0 Å². The molecule has 2 aliphatic rings. The average molecular weight is 429 g/mol. The molecule has 1 aromatic carbocycles. The maximum absolute atomic E-state index is 13.0. The van der Waals surface area contributed by atoms with Gasteiger partial charge in [0, 0.05) is 18.8 Å². The highest BCUT2D eigenvalue weighted by Gasteiger charge is 2.24. The Morgan fingerprint density at radius 3 is 2.63 bits per heavy atom. The Hall–Kier alpha value is -2.38. The molecular weight excluding hydrogens is 400 g/mol. The molecule has 1 aliphatic heterocycles. The van der Waals surface area contributed by atoms with E-state index < -0.39 is 0 Å². The lowest BCUT2D eigenvalue weighted by atomic mass is 9.95. The topological polar surface area (TPSA) is 76.8 Å². The first-order valence-electron chi connectivity index (χ1n) is 10.8. The molecule has 1 atom stereocenters. The summed E-state index contributed by atoms with van der Waals surface area (Å²) < 4.78 is 4.15. The summed E-state index contributed by atoms with van der Waals surface area (Å²) in [6, 6.07) is 10.6. The summed E-state index contributed by atoms with van der Waals surface area (Å²) in [4.78, 5) is 17.7. The smallest absolute Gasteiger partial charge is 0.278 e. The fourth-order valence-electron chi connectivity index (χ4n) is 4.73. The third kappa shape index (κ3) is 4.09. The molecule has 0 radical (unpaired) electrons. The molecule has 7 nitrogen and oxygen atoms in total. The number of nitrogens with zero attached hydrogens (tertiary/aromatic N) is 4. The Balaban J connectivity index is 0.00000218. The first-order valence-corrected chi connectivity index (χ1v) is 10.8. The van der Waals surface area contributed by atoms with Crippen molar-refractivity contribution >= 4 is 35.3 Å². The standard InChI is InChI=1S/C22H28N6O.ClH/c29-21(19-12-14-27(26-19)17-9-6-13-23-15-17)25-22-24-18-10-4-5-11-20(18)28(22)16-7-2-1-3-8-16;/h4-5,10-12,14,16-17,23H,1-3,6-9,13,15H2,(H,24,25,29);1H. The summed E-state index contributed by atoms with van der Waals surface area (Å²) in [6.07, 6.45) is 10.1. The Kier molecular flexibility index (Phi) is 6.39. The third-order valence-corrected chi connectivity index (χ3v) is 6.25. The van der Waals surface area contributed by atoms with Gasteiger partial charge in [-0.25, -0.2) is 4.98 Å². The lowest BCUT2D eigenvalue weighted by molar-refractivity contribution is 0.101. The van der Waals surface area contributed by atoms with E-state index in [1.165, 1.54) is 19.3 Å². The fourth-order valence-corrected chi connectivity index (χ4v) is 4.73. The van der Waals surface area contributed by atoms with Crippen molar-refractivity contribution in [1.29, 1.82) is 0 Å². The molecule has 2 fully saturated rings. The summed E-state index contributed by atoms with van der Waals surface area (Å²) in [5, 5.41) is 11.0. The van der Waals surface area contributed by atoms with E-state index in [0.29, 0.717) is 23.7 Å². The normalized spacial score (nSPS) is 20.1. The monoisotopic (exact) mass is 428 g/mol. The van der Waals surface area contributed by atoms with E-state index in [1.807, 2.05) is 29.1 Å². The van der Waals surface area contributed by atoms with Crippen molar-refractivity contribution in [3.05, 3.63) is 42.2 Å². The number of nitrogens with one attached hydrogen (secondary N) is 2. The second-order valence-corrected chi connectivity index (χ2v) is 8.22. The predicted octanol–water partition coefficient (Wildman–Crippen LogP) is 4.34. The molecule has 1 saturated heterocycles. The van der Waals surface area contributed by atoms with E-state index in [4.69, 9.17) is 4.98 Å². The van der Waals surface area contributed by atoms with Crippen LogP contribution >= 0.6 is 12.4 Å². The van der Waals surface area contributed by atoms with Gasteiger partial charge in [-0.15, -0.1) is 12.4 Å². The van der Waals surface area contributed by atoms with Crippen LogP contribution in [0.4, 0.5) is 5.95 Å². The minimum absolute atomic E-state index is 0. The van der Waals surface area contributed by atoms with Gasteiger partial charge in [0.25, 0.3) is 5.91 Å². The zero-order valence-electron chi connectivity index (χ0n) is 17.1. The summed E-state index contributed by atoms with van der Waals surface area (Å²) in [5.41, 5.74) is 2.46. The minimum atomic E-state index is -0.195. The minimum Gasteiger partial charge on any atom is -0.315 e. The highest BCUT2D eigenvalue weighted by atomic mass is 35.5. The van der Waals surface area contributed by atoms with Gasteiger partial charge < -0.3 is 9.88 Å². The number of halogens is 1. The largest absolute Gasteiger partial charge is 0.315 e. The van der Waals surface area contributed by atoms with Gasteiger partial charge in [0.2, 0.25) is 5.95 Å². The van der Waals surface area contributed by atoms with Crippen molar-refractivity contribution in [2.75, 3.05) is 18.4 Å². The lowest BCUT2D eigenvalue weighted by Crippen LogP contribution is -2.32. The van der Waals surface area contributed by atoms with Crippen LogP contribution in [0.1, 0.15) is 67.5 Å². The van der Waals surface area contributed by atoms with Crippen LogP contribution in [0, 0.1) is 0 Å². The molecule has 1 amide bonds. The molecule has 0 bridgehead atoms. The number of aromatic nitrogens is 4. The number of imidazole rings is 1. The number of carbonyl (C=O) groups excluding carboxylic acids is 1. The Morgan fingerprint density at radius 2 is 1.83 bits per heavy atom. The number of benzene rings is 1. The van der Waals surface area contributed by atoms with Crippen LogP contribution < -0.4 is 10.6 Å². The van der Waals surface area contributed by atoms with Crippen LogP contribution in [-0.2, 0) is 0 Å². The summed E-state index contributed by atoms with van der Waals surface area (Å²) in [6.45, 7) is 1.96. The summed E-state index contributed by atoms with van der Waals surface area (Å²) in [7, 11) is 0. The van der Waals surface area contributed by atoms with Crippen molar-refractivity contribution in [3.63, 3.8) is 0 Å². The molecule has 2 N–H and O–H groups in total. The van der Waals surface area contributed by atoms with E-state index in [-0.39, 0.29) is 18.3 Å². The highest BCUT2D eigenvalue weighted by Crippen LogP contribution is 2.34. The predicted molar refractivity (Wildman–Crippen MR) is 120 cm³/mol. The SMILES string of the molecule is Cl.O=C(Nc1nc2ccccc2n1C1CCCCC1)c1ccn(C2CCCNC2)n1. The molecule has 30 heavy (non-hydrogen) atoms. The molecule has 2 aromatic heterocycles. The molecule has 0 spiro atoms. The Morgan fingerprint density at radius 1 is 1.03 bits per heavy atom. The maximum atomic E-state index is 13.0. The summed E-state index contributed by atoms with van der Waals surface area (Å²) >= 11 is 0. The van der Waals surface area contributed by atoms with Crippen molar-refractivity contribution in [2.45, 2.75) is 57.0 Å². The number of para-hydroxylation sites is 2. The molecule has 5 rings (SSSR count). The first kappa shape index (κ1) is 20.9. The van der Waals surface area contributed by atoms with Gasteiger partial charge in [0.15, 0.2) is 5.69 Å². The number of rotatable bonds is 4. The van der Waals surface area contributed by atoms with E-state index in [0.717, 1.165) is 49.8 Å². The van der Waals surface area contributed by atoms with Crippen LogP contribution in [0.25, 0.3) is 11.0 Å². The van der Waals surface area contributed by atoms with E-state index in [1.54, 1.807) is 6.07 Å². The van der Waals surface area contributed by atoms with Crippen molar-refractivity contribution in [2.24, 2.45) is 0 Å². The molecule has 8 heteroatoms. The van der Waals surface area contributed by atoms with Crippen LogP contribution in [0.3, 0.4) is 0 Å². The molecule has 3 heterocycles. The number of hydrogen-bond donors (Lipinski definition) is 2. The van der Waals surface area contributed by atoms with E-state index in [9.17, 15) is 4.79 Å². The van der Waals surface area contributed by atoms with Crippen LogP contribution in [0.15, 0.2) is 36.5 Å². The highest BCUT2D eigenvalue weighted by molar-refractivity contribution is 6.02. The fraction of sp³-hybridized carbons (Fsp3) is 0.500. The Bertz CT molecular complexity index is 1000. The number of amides is 1. The zero-order chi connectivity index (χ0) is 19.6. The number of fused-ring (bicyclic) bond motifs is 1. The quantitative estimate of drug-likeness (QED) is 0.648. The van der Waals surface area contributed by atoms with Crippen LogP contribution in [0.5, 0.6) is 0 Å². The molecule has 1 aliphatic carbocycles. The van der Waals surface area contributed by atoms with Gasteiger partial charge in [-0.2, -0.15) is 5.10 Å². The number of hydrogen-bond acceptors (Lipinski definition) is 4. The van der Waals surface area contributed by atoms with Crippen molar-refractivity contribution < 1.29 is 4.79 Å². The number of carbonyl (C=O) groups is 1. The van der Waals surface area contributed by atoms with Gasteiger partial charge in [-0.05, 0) is 50.4 Å². The Labute approximate surface area is 182 Å². The lowest BCUT2D eigenvalue weighted by Gasteiger charge is -2.25. The van der Waals surface area contributed by atoms with Crippen molar-refractivity contribution in [1.82, 2.24) is 24.6 Å². The maximum Gasteiger partial charge on any atom is 0.278 e. The number of anilines is 1. The molecule has 1 saturated carbocycles. The first-order chi connectivity index (χ1) is 14.3. The number of piperidine rings is 1. The molecular formula is C22H29ClN6O. The average Bonchev–Trinajstić information content (AvgIpc) is 3.40. The van der Waals surface area contributed by atoms with E-state index in [2.05, 4.69) is 26.4 Å². The second-order valence-electron chi connectivity index (χ2n) is 8.22. The molecule has 160 valence electrons. The second kappa shape index (κ2) is 9.18.